The average molecular weight is 359 g/mol. The van der Waals surface area contributed by atoms with Crippen molar-refractivity contribution >= 4 is 6.09 Å². The van der Waals surface area contributed by atoms with Gasteiger partial charge < -0.3 is 15.4 Å². The zero-order valence-corrected chi connectivity index (χ0v) is 16.8. The molecule has 3 atom stereocenters. The molecule has 0 aliphatic heterocycles. The van der Waals surface area contributed by atoms with Crippen molar-refractivity contribution in [2.24, 2.45) is 11.7 Å². The molecular weight excluding hydrogens is 324 g/mol. The van der Waals surface area contributed by atoms with E-state index in [0.717, 1.165) is 12.8 Å². The van der Waals surface area contributed by atoms with Crippen LogP contribution < -0.4 is 10.5 Å². The minimum Gasteiger partial charge on any atom is -0.410 e. The average Bonchev–Trinajstić information content (AvgIpc) is 2.59. The van der Waals surface area contributed by atoms with Crippen LogP contribution in [0.2, 0.25) is 0 Å². The number of fused-ring (bicyclic) bond motifs is 4. The quantitative estimate of drug-likeness (QED) is 0.856. The molecule has 0 heterocycles. The highest BCUT2D eigenvalue weighted by Gasteiger charge is 2.43. The fourth-order valence-corrected chi connectivity index (χ4v) is 4.96. The summed E-state index contributed by atoms with van der Waals surface area (Å²) < 4.78 is 5.71. The molecule has 2 N–H and O–H groups in total. The zero-order valence-electron chi connectivity index (χ0n) is 16.8. The van der Waals surface area contributed by atoms with Gasteiger partial charge in [-0.1, -0.05) is 32.3 Å². The Labute approximate surface area is 158 Å². The molecule has 3 rings (SSSR count). The predicted octanol–water partition coefficient (Wildman–Crippen LogP) is 4.64. The Morgan fingerprint density at radius 1 is 1.35 bits per heavy atom. The Morgan fingerprint density at radius 2 is 2.12 bits per heavy atom. The van der Waals surface area contributed by atoms with Crippen LogP contribution in [0.1, 0.15) is 70.9 Å². The van der Waals surface area contributed by atoms with E-state index >= 15 is 0 Å². The molecule has 2 bridgehead atoms. The van der Waals surface area contributed by atoms with E-state index in [1.54, 1.807) is 4.90 Å². The lowest BCUT2D eigenvalue weighted by molar-refractivity contribution is 0.141. The van der Waals surface area contributed by atoms with Crippen molar-refractivity contribution in [2.75, 3.05) is 6.54 Å². The lowest BCUT2D eigenvalue weighted by Crippen LogP contribution is -2.52. The van der Waals surface area contributed by atoms with Crippen LogP contribution >= 0.6 is 0 Å². The summed E-state index contributed by atoms with van der Waals surface area (Å²) >= 11 is 0. The number of ether oxygens (including phenoxy) is 1. The molecule has 26 heavy (non-hydrogen) atoms. The summed E-state index contributed by atoms with van der Waals surface area (Å²) in [6.07, 6.45) is 6.92. The van der Waals surface area contributed by atoms with Crippen LogP contribution in [0.15, 0.2) is 18.2 Å². The van der Waals surface area contributed by atoms with Gasteiger partial charge in [-0.05, 0) is 69.2 Å². The highest BCUT2D eigenvalue weighted by molar-refractivity contribution is 5.71. The molecule has 1 aromatic carbocycles. The van der Waals surface area contributed by atoms with Crippen LogP contribution in [0, 0.1) is 5.92 Å². The second kappa shape index (κ2) is 7.59. The van der Waals surface area contributed by atoms with Crippen molar-refractivity contribution < 1.29 is 9.53 Å². The second-order valence-electron chi connectivity index (χ2n) is 8.57. The van der Waals surface area contributed by atoms with E-state index in [2.05, 4.69) is 19.1 Å². The smallest absolute Gasteiger partial charge is 0.410 e. The highest BCUT2D eigenvalue weighted by atomic mass is 16.6. The SMILES string of the molecule is CCN(C(=O)Oc1ccc2c(c1)[C@@]1(C)CCCCCC(C2)[C@@H]1N)C(C)C. The van der Waals surface area contributed by atoms with Gasteiger partial charge in [-0.3, -0.25) is 0 Å². The van der Waals surface area contributed by atoms with Crippen molar-refractivity contribution in [3.63, 3.8) is 0 Å². The van der Waals surface area contributed by atoms with Gasteiger partial charge in [-0.15, -0.1) is 0 Å². The van der Waals surface area contributed by atoms with Crippen molar-refractivity contribution in [3.8, 4) is 5.75 Å². The molecule has 1 aromatic rings. The van der Waals surface area contributed by atoms with Crippen LogP contribution in [0.25, 0.3) is 0 Å². The van der Waals surface area contributed by atoms with Crippen molar-refractivity contribution in [2.45, 2.75) is 83.7 Å². The third-order valence-electron chi connectivity index (χ3n) is 6.60. The third kappa shape index (κ3) is 3.48. The number of benzene rings is 1. The lowest BCUT2D eigenvalue weighted by atomic mass is 9.60. The van der Waals surface area contributed by atoms with Gasteiger partial charge in [0.25, 0.3) is 0 Å². The Hall–Kier alpha value is -1.55. The van der Waals surface area contributed by atoms with E-state index < -0.39 is 0 Å². The van der Waals surface area contributed by atoms with Crippen molar-refractivity contribution in [1.29, 1.82) is 0 Å². The predicted molar refractivity (Wildman–Crippen MR) is 106 cm³/mol. The Kier molecular flexibility index (Phi) is 5.61. The molecule has 1 unspecified atom stereocenters. The van der Waals surface area contributed by atoms with E-state index in [1.165, 1.54) is 36.8 Å². The molecule has 1 fully saturated rings. The van der Waals surface area contributed by atoms with Gasteiger partial charge >= 0.3 is 6.09 Å². The van der Waals surface area contributed by atoms with Gasteiger partial charge in [0.05, 0.1) is 0 Å². The number of carbonyl (C=O) groups excluding carboxylic acids is 1. The largest absolute Gasteiger partial charge is 0.415 e. The van der Waals surface area contributed by atoms with E-state index in [-0.39, 0.29) is 23.6 Å². The maximum atomic E-state index is 12.5. The molecule has 2 aliphatic rings. The summed E-state index contributed by atoms with van der Waals surface area (Å²) in [6.45, 7) is 8.94. The minimum absolute atomic E-state index is 0.0242. The molecule has 0 spiro atoms. The third-order valence-corrected chi connectivity index (χ3v) is 6.60. The monoisotopic (exact) mass is 358 g/mol. The molecule has 2 aliphatic carbocycles. The summed E-state index contributed by atoms with van der Waals surface area (Å²) in [6, 6.07) is 6.50. The number of nitrogens with two attached hydrogens (primary N) is 1. The molecular formula is C22H34N2O2. The zero-order chi connectivity index (χ0) is 18.9. The first kappa shape index (κ1) is 19.2. The molecule has 1 saturated carbocycles. The van der Waals surface area contributed by atoms with E-state index in [9.17, 15) is 4.79 Å². The number of nitrogens with zero attached hydrogens (tertiary/aromatic N) is 1. The number of amides is 1. The second-order valence-corrected chi connectivity index (χ2v) is 8.57. The van der Waals surface area contributed by atoms with Gasteiger partial charge in [-0.2, -0.15) is 0 Å². The topological polar surface area (TPSA) is 55.6 Å². The molecule has 4 heteroatoms. The van der Waals surface area contributed by atoms with E-state index in [4.69, 9.17) is 10.5 Å². The first-order chi connectivity index (χ1) is 12.4. The number of carbonyl (C=O) groups is 1. The van der Waals surface area contributed by atoms with Gasteiger partial charge in [0.1, 0.15) is 5.75 Å². The van der Waals surface area contributed by atoms with Crippen LogP contribution in [-0.4, -0.2) is 29.6 Å². The fraction of sp³-hybridized carbons (Fsp3) is 0.682. The Balaban J connectivity index is 1.90. The number of hydrogen-bond donors (Lipinski definition) is 1. The minimum atomic E-state index is -0.275. The maximum Gasteiger partial charge on any atom is 0.415 e. The fourth-order valence-electron chi connectivity index (χ4n) is 4.96. The van der Waals surface area contributed by atoms with Gasteiger partial charge in [0.2, 0.25) is 0 Å². The molecule has 1 amide bonds. The van der Waals surface area contributed by atoms with Crippen LogP contribution in [0.4, 0.5) is 4.79 Å². The van der Waals surface area contributed by atoms with Crippen LogP contribution in [0.5, 0.6) is 5.75 Å². The summed E-state index contributed by atoms with van der Waals surface area (Å²) in [4.78, 5) is 14.2. The molecule has 0 saturated heterocycles. The normalized spacial score (nSPS) is 28.1. The first-order valence-electron chi connectivity index (χ1n) is 10.2. The maximum absolute atomic E-state index is 12.5. The first-order valence-corrected chi connectivity index (χ1v) is 10.2. The standard InChI is InChI=1S/C22H34N2O2/c1-5-24(15(2)3)21(25)26-18-11-10-16-13-17-9-7-6-8-12-22(4,20(17)23)19(16)14-18/h10-11,14-15,17,20H,5-9,12-13,23H2,1-4H3/t17?,20-,22+/m0/s1. The van der Waals surface area contributed by atoms with Crippen LogP contribution in [0.3, 0.4) is 0 Å². The molecule has 4 nitrogen and oxygen atoms in total. The molecule has 0 radical (unpaired) electrons. The molecule has 144 valence electrons. The summed E-state index contributed by atoms with van der Waals surface area (Å²) in [5.74, 6) is 1.21. The van der Waals surface area contributed by atoms with Crippen molar-refractivity contribution in [1.82, 2.24) is 4.90 Å². The van der Waals surface area contributed by atoms with Gasteiger partial charge in [-0.25, -0.2) is 4.79 Å². The van der Waals surface area contributed by atoms with Gasteiger partial charge in [0, 0.05) is 24.0 Å². The van der Waals surface area contributed by atoms with Crippen molar-refractivity contribution in [3.05, 3.63) is 29.3 Å². The highest BCUT2D eigenvalue weighted by Crippen LogP contribution is 2.46. The lowest BCUT2D eigenvalue weighted by Gasteiger charge is -2.47. The van der Waals surface area contributed by atoms with Crippen LogP contribution in [-0.2, 0) is 11.8 Å². The summed E-state index contributed by atoms with van der Waals surface area (Å²) in [7, 11) is 0. The van der Waals surface area contributed by atoms with Gasteiger partial charge in [0.15, 0.2) is 0 Å². The number of hydrogen-bond acceptors (Lipinski definition) is 3. The Bertz CT molecular complexity index is 658. The molecule has 0 aromatic heterocycles. The number of rotatable bonds is 3. The van der Waals surface area contributed by atoms with E-state index in [1.807, 2.05) is 26.8 Å². The Morgan fingerprint density at radius 3 is 2.81 bits per heavy atom. The summed E-state index contributed by atoms with van der Waals surface area (Å²) in [5, 5.41) is 0. The summed E-state index contributed by atoms with van der Waals surface area (Å²) in [5.41, 5.74) is 9.40. The van der Waals surface area contributed by atoms with E-state index in [0.29, 0.717) is 18.2 Å².